The van der Waals surface area contributed by atoms with Gasteiger partial charge in [-0.2, -0.15) is 0 Å². The number of aliphatic carboxylic acids is 1. The van der Waals surface area contributed by atoms with Crippen molar-refractivity contribution in [3.63, 3.8) is 0 Å². The first kappa shape index (κ1) is 18.7. The highest BCUT2D eigenvalue weighted by Crippen LogP contribution is 2.25. The van der Waals surface area contributed by atoms with Gasteiger partial charge in [0.1, 0.15) is 6.04 Å². The number of carbonyl (C=O) groups is 3. The first-order chi connectivity index (χ1) is 11.5. The lowest BCUT2D eigenvalue weighted by Gasteiger charge is -2.40. The number of nitrogens with zero attached hydrogens (tertiary/aromatic N) is 2. The quantitative estimate of drug-likeness (QED) is 0.806. The lowest BCUT2D eigenvalue weighted by Crippen LogP contribution is -2.54. The Hall–Kier alpha value is -1.59. The molecule has 24 heavy (non-hydrogen) atoms. The number of piperidine rings is 2. The zero-order chi connectivity index (χ0) is 17.5. The Bertz CT molecular complexity index is 466. The van der Waals surface area contributed by atoms with E-state index in [1.165, 1.54) is 0 Å². The zero-order valence-electron chi connectivity index (χ0n) is 14.7. The summed E-state index contributed by atoms with van der Waals surface area (Å²) >= 11 is 0. The van der Waals surface area contributed by atoms with E-state index >= 15 is 0 Å². The standard InChI is InChI=1S/C18H30N2O4/c1-2-6-16(21)20-12-4-3-8-15(20)18(24)19-11-5-7-14(13-19)9-10-17(22)23/h14-15H,2-13H2,1H3,(H,22,23). The van der Waals surface area contributed by atoms with Gasteiger partial charge < -0.3 is 14.9 Å². The molecule has 0 spiro atoms. The van der Waals surface area contributed by atoms with Crippen LogP contribution in [-0.4, -0.2) is 58.4 Å². The number of carboxylic acids is 1. The van der Waals surface area contributed by atoms with Crippen molar-refractivity contribution < 1.29 is 19.5 Å². The van der Waals surface area contributed by atoms with Crippen LogP contribution in [0.15, 0.2) is 0 Å². The summed E-state index contributed by atoms with van der Waals surface area (Å²) in [6.07, 6.45) is 6.72. The summed E-state index contributed by atoms with van der Waals surface area (Å²) in [4.78, 5) is 39.7. The van der Waals surface area contributed by atoms with Gasteiger partial charge in [-0.25, -0.2) is 0 Å². The van der Waals surface area contributed by atoms with Crippen molar-refractivity contribution in [2.24, 2.45) is 5.92 Å². The summed E-state index contributed by atoms with van der Waals surface area (Å²) in [5.74, 6) is -0.349. The highest BCUT2D eigenvalue weighted by molar-refractivity contribution is 5.88. The van der Waals surface area contributed by atoms with E-state index in [0.717, 1.165) is 45.1 Å². The normalized spacial score (nSPS) is 24.7. The Labute approximate surface area is 144 Å². The van der Waals surface area contributed by atoms with Gasteiger partial charge in [-0.05, 0) is 50.9 Å². The van der Waals surface area contributed by atoms with E-state index in [2.05, 4.69) is 0 Å². The number of carboxylic acid groups (broad SMARTS) is 1. The fraction of sp³-hybridized carbons (Fsp3) is 0.833. The monoisotopic (exact) mass is 338 g/mol. The summed E-state index contributed by atoms with van der Waals surface area (Å²) in [5, 5.41) is 8.84. The smallest absolute Gasteiger partial charge is 0.303 e. The van der Waals surface area contributed by atoms with Gasteiger partial charge in [0.05, 0.1) is 0 Å². The third-order valence-electron chi connectivity index (χ3n) is 5.17. The van der Waals surface area contributed by atoms with Crippen molar-refractivity contribution in [3.05, 3.63) is 0 Å². The Kier molecular flexibility index (Phi) is 7.06. The van der Waals surface area contributed by atoms with Crippen molar-refractivity contribution in [1.29, 1.82) is 0 Å². The second-order valence-corrected chi connectivity index (χ2v) is 7.07. The highest BCUT2D eigenvalue weighted by Gasteiger charge is 2.35. The summed E-state index contributed by atoms with van der Waals surface area (Å²) in [6, 6.07) is -0.309. The molecule has 0 saturated carbocycles. The Morgan fingerprint density at radius 2 is 1.83 bits per heavy atom. The Balaban J connectivity index is 1.97. The highest BCUT2D eigenvalue weighted by atomic mass is 16.4. The molecule has 2 saturated heterocycles. The third kappa shape index (κ3) is 4.95. The van der Waals surface area contributed by atoms with E-state index in [9.17, 15) is 14.4 Å². The van der Waals surface area contributed by atoms with Crippen molar-refractivity contribution in [3.8, 4) is 0 Å². The van der Waals surface area contributed by atoms with Crippen molar-refractivity contribution in [2.75, 3.05) is 19.6 Å². The van der Waals surface area contributed by atoms with Crippen LogP contribution in [0.1, 0.15) is 64.7 Å². The van der Waals surface area contributed by atoms with Crippen LogP contribution in [-0.2, 0) is 14.4 Å². The van der Waals surface area contributed by atoms with Crippen LogP contribution >= 0.6 is 0 Å². The minimum absolute atomic E-state index is 0.0687. The summed E-state index contributed by atoms with van der Waals surface area (Å²) in [5.41, 5.74) is 0. The fourth-order valence-corrected chi connectivity index (χ4v) is 3.88. The van der Waals surface area contributed by atoms with Gasteiger partial charge in [-0.1, -0.05) is 6.92 Å². The molecule has 2 amide bonds. The van der Waals surface area contributed by atoms with Crippen LogP contribution in [0.25, 0.3) is 0 Å². The molecule has 2 rings (SSSR count). The van der Waals surface area contributed by atoms with Crippen LogP contribution in [0.5, 0.6) is 0 Å². The number of hydrogen-bond acceptors (Lipinski definition) is 3. The lowest BCUT2D eigenvalue weighted by molar-refractivity contribution is -0.149. The largest absolute Gasteiger partial charge is 0.481 e. The van der Waals surface area contributed by atoms with Crippen LogP contribution in [0, 0.1) is 5.92 Å². The molecule has 6 heteroatoms. The van der Waals surface area contributed by atoms with Gasteiger partial charge in [0, 0.05) is 32.5 Å². The molecule has 0 bridgehead atoms. The van der Waals surface area contributed by atoms with Crippen LogP contribution in [0.2, 0.25) is 0 Å². The maximum Gasteiger partial charge on any atom is 0.303 e. The van der Waals surface area contributed by atoms with E-state index in [1.54, 1.807) is 4.90 Å². The summed E-state index contributed by atoms with van der Waals surface area (Å²) in [6.45, 7) is 4.04. The lowest BCUT2D eigenvalue weighted by atomic mass is 9.92. The van der Waals surface area contributed by atoms with Crippen molar-refractivity contribution in [2.45, 2.75) is 70.8 Å². The van der Waals surface area contributed by atoms with E-state index < -0.39 is 5.97 Å². The van der Waals surface area contributed by atoms with E-state index in [-0.39, 0.29) is 30.2 Å². The SMILES string of the molecule is CCCC(=O)N1CCCCC1C(=O)N1CCCC(CCC(=O)O)C1. The molecule has 2 heterocycles. The Morgan fingerprint density at radius 1 is 1.04 bits per heavy atom. The first-order valence-electron chi connectivity index (χ1n) is 9.33. The second kappa shape index (κ2) is 9.04. The van der Waals surface area contributed by atoms with Crippen LogP contribution < -0.4 is 0 Å². The molecule has 2 atom stereocenters. The second-order valence-electron chi connectivity index (χ2n) is 7.07. The van der Waals surface area contributed by atoms with Gasteiger partial charge in [0.25, 0.3) is 0 Å². The van der Waals surface area contributed by atoms with Gasteiger partial charge in [-0.15, -0.1) is 0 Å². The predicted molar refractivity (Wildman–Crippen MR) is 90.4 cm³/mol. The predicted octanol–water partition coefficient (Wildman–Crippen LogP) is 2.27. The maximum absolute atomic E-state index is 13.0. The van der Waals surface area contributed by atoms with Gasteiger partial charge in [0.15, 0.2) is 0 Å². The van der Waals surface area contributed by atoms with Gasteiger partial charge >= 0.3 is 5.97 Å². The molecule has 136 valence electrons. The number of hydrogen-bond donors (Lipinski definition) is 1. The van der Waals surface area contributed by atoms with Crippen LogP contribution in [0.4, 0.5) is 0 Å². The molecular formula is C18H30N2O4. The molecule has 0 radical (unpaired) electrons. The fourth-order valence-electron chi connectivity index (χ4n) is 3.88. The molecule has 0 aromatic rings. The van der Waals surface area contributed by atoms with E-state index in [0.29, 0.717) is 25.9 Å². The zero-order valence-corrected chi connectivity index (χ0v) is 14.7. The molecule has 6 nitrogen and oxygen atoms in total. The minimum atomic E-state index is -0.776. The van der Waals surface area contributed by atoms with Crippen molar-refractivity contribution in [1.82, 2.24) is 9.80 Å². The minimum Gasteiger partial charge on any atom is -0.481 e. The number of rotatable bonds is 6. The number of amides is 2. The summed E-state index contributed by atoms with van der Waals surface area (Å²) in [7, 11) is 0. The van der Waals surface area contributed by atoms with E-state index in [4.69, 9.17) is 5.11 Å². The number of carbonyl (C=O) groups excluding carboxylic acids is 2. The van der Waals surface area contributed by atoms with Gasteiger partial charge in [-0.3, -0.25) is 14.4 Å². The summed E-state index contributed by atoms with van der Waals surface area (Å²) < 4.78 is 0. The van der Waals surface area contributed by atoms with Crippen LogP contribution in [0.3, 0.4) is 0 Å². The molecule has 2 fully saturated rings. The molecule has 2 aliphatic heterocycles. The molecule has 2 aliphatic rings. The van der Waals surface area contributed by atoms with Gasteiger partial charge in [0.2, 0.25) is 11.8 Å². The molecule has 0 aliphatic carbocycles. The van der Waals surface area contributed by atoms with Crippen molar-refractivity contribution >= 4 is 17.8 Å². The topological polar surface area (TPSA) is 77.9 Å². The maximum atomic E-state index is 13.0. The average Bonchev–Trinajstić information content (AvgIpc) is 2.60. The first-order valence-corrected chi connectivity index (χ1v) is 9.33. The molecule has 2 unspecified atom stereocenters. The molecule has 0 aromatic heterocycles. The van der Waals surface area contributed by atoms with E-state index in [1.807, 2.05) is 11.8 Å². The Morgan fingerprint density at radius 3 is 2.54 bits per heavy atom. The molecule has 1 N–H and O–H groups in total. The molecule has 0 aromatic carbocycles. The number of likely N-dealkylation sites (tertiary alicyclic amines) is 2. The average molecular weight is 338 g/mol. The third-order valence-corrected chi connectivity index (χ3v) is 5.17. The molecular weight excluding hydrogens is 308 g/mol.